The first-order chi connectivity index (χ1) is 8.12. The molecule has 1 rings (SSSR count). The predicted molar refractivity (Wildman–Crippen MR) is 73.4 cm³/mol. The van der Waals surface area contributed by atoms with Crippen molar-refractivity contribution in [1.82, 2.24) is 4.90 Å². The van der Waals surface area contributed by atoms with Gasteiger partial charge in [0, 0.05) is 13.6 Å². The van der Waals surface area contributed by atoms with Gasteiger partial charge in [-0.2, -0.15) is 0 Å². The fourth-order valence-corrected chi connectivity index (χ4v) is 2.24. The minimum atomic E-state index is -1.32. The molecule has 0 atom stereocenters. The van der Waals surface area contributed by atoms with Crippen LogP contribution in [0.3, 0.4) is 0 Å². The van der Waals surface area contributed by atoms with Crippen molar-refractivity contribution in [1.29, 1.82) is 0 Å². The van der Waals surface area contributed by atoms with E-state index in [1.807, 2.05) is 0 Å². The van der Waals surface area contributed by atoms with Crippen LogP contribution < -0.4 is 0 Å². The van der Waals surface area contributed by atoms with Crippen LogP contribution in [0.1, 0.15) is 36.1 Å². The van der Waals surface area contributed by atoms with Crippen LogP contribution >= 0.6 is 0 Å². The molecule has 0 saturated carbocycles. The maximum Gasteiger partial charge on any atom is 0.253 e. The molecule has 1 aromatic carbocycles. The summed E-state index contributed by atoms with van der Waals surface area (Å²) in [5.41, 5.74) is 3.43. The van der Waals surface area contributed by atoms with E-state index in [4.69, 9.17) is 0 Å². The average Bonchev–Trinajstić information content (AvgIpc) is 2.20. The minimum absolute atomic E-state index is 0.262. The molecule has 1 amide bonds. The fourth-order valence-electron chi connectivity index (χ4n) is 2.24. The SMILES string of the molecule is Cc1cc(C)c(CN(C)C(=O)C(C)(C)O)c(C)c1. The lowest BCUT2D eigenvalue weighted by atomic mass is 9.99. The summed E-state index contributed by atoms with van der Waals surface area (Å²) in [6.45, 7) is 9.73. The highest BCUT2D eigenvalue weighted by Crippen LogP contribution is 2.19. The summed E-state index contributed by atoms with van der Waals surface area (Å²) in [7, 11) is 1.72. The van der Waals surface area contributed by atoms with Crippen molar-refractivity contribution >= 4 is 5.91 Å². The molecule has 0 heterocycles. The molecule has 100 valence electrons. The van der Waals surface area contributed by atoms with Gasteiger partial charge in [-0.3, -0.25) is 4.79 Å². The summed E-state index contributed by atoms with van der Waals surface area (Å²) in [6.07, 6.45) is 0. The van der Waals surface area contributed by atoms with E-state index in [1.54, 1.807) is 11.9 Å². The van der Waals surface area contributed by atoms with Crippen molar-refractivity contribution < 1.29 is 9.90 Å². The lowest BCUT2D eigenvalue weighted by Crippen LogP contribution is -2.42. The van der Waals surface area contributed by atoms with Gasteiger partial charge in [0.1, 0.15) is 5.60 Å². The third kappa shape index (κ3) is 3.33. The molecule has 0 radical (unpaired) electrons. The first-order valence-corrected chi connectivity index (χ1v) is 6.17. The Labute approximate surface area is 109 Å². The predicted octanol–water partition coefficient (Wildman–Crippen LogP) is 2.34. The number of nitrogens with zero attached hydrogens (tertiary/aromatic N) is 1. The molecule has 0 saturated heterocycles. The van der Waals surface area contributed by atoms with Crippen LogP contribution in [0.2, 0.25) is 0 Å². The topological polar surface area (TPSA) is 40.5 Å². The lowest BCUT2D eigenvalue weighted by molar-refractivity contribution is -0.146. The highest BCUT2D eigenvalue weighted by Gasteiger charge is 2.27. The summed E-state index contributed by atoms with van der Waals surface area (Å²) in [6, 6.07) is 4.23. The molecule has 0 aliphatic rings. The number of benzene rings is 1. The van der Waals surface area contributed by atoms with Gasteiger partial charge in [0.2, 0.25) is 0 Å². The van der Waals surface area contributed by atoms with Crippen molar-refractivity contribution in [2.45, 2.75) is 46.8 Å². The second-order valence-electron chi connectivity index (χ2n) is 5.60. The number of carbonyl (C=O) groups excluding carboxylic acids is 1. The Morgan fingerprint density at radius 2 is 1.67 bits per heavy atom. The van der Waals surface area contributed by atoms with Gasteiger partial charge in [-0.15, -0.1) is 0 Å². The Morgan fingerprint density at radius 3 is 2.06 bits per heavy atom. The molecular formula is C15H23NO2. The van der Waals surface area contributed by atoms with E-state index in [-0.39, 0.29) is 5.91 Å². The van der Waals surface area contributed by atoms with Crippen LogP contribution in [0.15, 0.2) is 12.1 Å². The van der Waals surface area contributed by atoms with Gasteiger partial charge < -0.3 is 10.0 Å². The van der Waals surface area contributed by atoms with Gasteiger partial charge in [0.05, 0.1) is 0 Å². The molecule has 0 fully saturated rings. The van der Waals surface area contributed by atoms with E-state index in [9.17, 15) is 9.90 Å². The van der Waals surface area contributed by atoms with E-state index >= 15 is 0 Å². The van der Waals surface area contributed by atoms with E-state index in [0.717, 1.165) is 5.56 Å². The van der Waals surface area contributed by atoms with Crippen LogP contribution in [0.25, 0.3) is 0 Å². The van der Waals surface area contributed by atoms with Crippen LogP contribution in [0.4, 0.5) is 0 Å². The first-order valence-electron chi connectivity index (χ1n) is 6.17. The fraction of sp³-hybridized carbons (Fsp3) is 0.533. The number of aryl methyl sites for hydroxylation is 3. The highest BCUT2D eigenvalue weighted by molar-refractivity contribution is 5.83. The summed E-state index contributed by atoms with van der Waals surface area (Å²) in [5.74, 6) is -0.262. The summed E-state index contributed by atoms with van der Waals surface area (Å²) in [4.78, 5) is 13.5. The van der Waals surface area contributed by atoms with Gasteiger partial charge in [-0.1, -0.05) is 17.7 Å². The van der Waals surface area contributed by atoms with Crippen molar-refractivity contribution in [2.24, 2.45) is 0 Å². The molecule has 18 heavy (non-hydrogen) atoms. The first kappa shape index (κ1) is 14.7. The van der Waals surface area contributed by atoms with Crippen molar-refractivity contribution in [3.8, 4) is 0 Å². The largest absolute Gasteiger partial charge is 0.381 e. The normalized spacial score (nSPS) is 11.5. The lowest BCUT2D eigenvalue weighted by Gasteiger charge is -2.26. The van der Waals surface area contributed by atoms with Crippen LogP contribution in [0, 0.1) is 20.8 Å². The molecule has 1 aromatic rings. The molecule has 0 aliphatic heterocycles. The number of carbonyl (C=O) groups is 1. The van der Waals surface area contributed by atoms with Gasteiger partial charge in [-0.05, 0) is 51.3 Å². The van der Waals surface area contributed by atoms with Gasteiger partial charge in [0.25, 0.3) is 5.91 Å². The Bertz CT molecular complexity index is 435. The molecule has 0 bridgehead atoms. The Balaban J connectivity index is 2.96. The maximum atomic E-state index is 11.9. The monoisotopic (exact) mass is 249 g/mol. The highest BCUT2D eigenvalue weighted by atomic mass is 16.3. The second kappa shape index (κ2) is 5.11. The van der Waals surface area contributed by atoms with E-state index in [1.165, 1.54) is 30.5 Å². The zero-order valence-electron chi connectivity index (χ0n) is 12.2. The smallest absolute Gasteiger partial charge is 0.253 e. The number of aliphatic hydroxyl groups is 1. The van der Waals surface area contributed by atoms with Crippen molar-refractivity contribution in [3.05, 3.63) is 34.4 Å². The number of hydrogen-bond donors (Lipinski definition) is 1. The number of hydrogen-bond acceptors (Lipinski definition) is 2. The Hall–Kier alpha value is -1.35. The van der Waals surface area contributed by atoms with Gasteiger partial charge in [-0.25, -0.2) is 0 Å². The minimum Gasteiger partial charge on any atom is -0.381 e. The molecule has 0 spiro atoms. The van der Waals surface area contributed by atoms with E-state index in [2.05, 4.69) is 32.9 Å². The van der Waals surface area contributed by atoms with Gasteiger partial charge in [0.15, 0.2) is 0 Å². The molecule has 0 aliphatic carbocycles. The van der Waals surface area contributed by atoms with Crippen LogP contribution in [-0.4, -0.2) is 28.6 Å². The van der Waals surface area contributed by atoms with E-state index < -0.39 is 5.60 Å². The molecule has 0 unspecified atom stereocenters. The molecule has 3 heteroatoms. The number of rotatable bonds is 3. The van der Waals surface area contributed by atoms with Gasteiger partial charge >= 0.3 is 0 Å². The summed E-state index contributed by atoms with van der Waals surface area (Å²) >= 11 is 0. The summed E-state index contributed by atoms with van der Waals surface area (Å²) < 4.78 is 0. The van der Waals surface area contributed by atoms with Crippen molar-refractivity contribution in [3.63, 3.8) is 0 Å². The van der Waals surface area contributed by atoms with Crippen molar-refractivity contribution in [2.75, 3.05) is 7.05 Å². The van der Waals surface area contributed by atoms with Crippen LogP contribution in [0.5, 0.6) is 0 Å². The Kier molecular flexibility index (Phi) is 4.17. The third-order valence-corrected chi connectivity index (χ3v) is 3.11. The average molecular weight is 249 g/mol. The summed E-state index contributed by atoms with van der Waals surface area (Å²) in [5, 5.41) is 9.73. The molecular weight excluding hydrogens is 226 g/mol. The zero-order chi connectivity index (χ0) is 14.1. The standard InChI is InChI=1S/C15H23NO2/c1-10-7-11(2)13(12(3)8-10)9-16(6)14(17)15(4,5)18/h7-8,18H,9H2,1-6H3. The van der Waals surface area contributed by atoms with Crippen LogP contribution in [-0.2, 0) is 11.3 Å². The molecule has 0 aromatic heterocycles. The zero-order valence-corrected chi connectivity index (χ0v) is 12.2. The molecule has 3 nitrogen and oxygen atoms in total. The quantitative estimate of drug-likeness (QED) is 0.893. The maximum absolute atomic E-state index is 11.9. The van der Waals surface area contributed by atoms with E-state index in [0.29, 0.717) is 6.54 Å². The number of likely N-dealkylation sites (N-methyl/N-ethyl adjacent to an activating group) is 1. The number of amides is 1. The Morgan fingerprint density at radius 1 is 1.22 bits per heavy atom. The third-order valence-electron chi connectivity index (χ3n) is 3.11. The second-order valence-corrected chi connectivity index (χ2v) is 5.60. The molecule has 1 N–H and O–H groups in total.